The van der Waals surface area contributed by atoms with Gasteiger partial charge in [-0.15, -0.1) is 0 Å². The fraction of sp³-hybridized carbons (Fsp3) is 0.0667. The molecular formula is C30H22N2O2. The van der Waals surface area contributed by atoms with Crippen LogP contribution in [0.5, 0.6) is 0 Å². The van der Waals surface area contributed by atoms with Crippen LogP contribution >= 0.6 is 0 Å². The first-order chi connectivity index (χ1) is 16.5. The number of carbonyl (C=O) groups excluding carboxylic acids is 2. The SMILES string of the molecule is Cc1ccc(N2/C(=C3\C(=O)c4ccccc4N3c3ccc(C)cc3)C(=O)c3ccccc32)cc1. The van der Waals surface area contributed by atoms with E-state index < -0.39 is 0 Å². The highest BCUT2D eigenvalue weighted by Gasteiger charge is 2.43. The lowest BCUT2D eigenvalue weighted by Gasteiger charge is -2.27. The van der Waals surface area contributed by atoms with Gasteiger partial charge in [-0.2, -0.15) is 0 Å². The number of anilines is 4. The first-order valence-electron chi connectivity index (χ1n) is 11.3. The number of Topliss-reactive ketones (excluding diaryl/α,β-unsaturated/α-hetero) is 2. The van der Waals surface area contributed by atoms with Crippen molar-refractivity contribution in [2.24, 2.45) is 0 Å². The van der Waals surface area contributed by atoms with Gasteiger partial charge in [0.2, 0.25) is 11.6 Å². The van der Waals surface area contributed by atoms with E-state index in [1.165, 1.54) is 0 Å². The molecule has 4 aromatic carbocycles. The van der Waals surface area contributed by atoms with Gasteiger partial charge in [-0.05, 0) is 62.4 Å². The summed E-state index contributed by atoms with van der Waals surface area (Å²) in [4.78, 5) is 31.6. The Labute approximate surface area is 198 Å². The largest absolute Gasteiger partial charge is 0.304 e. The number of fused-ring (bicyclic) bond motifs is 2. The Morgan fingerprint density at radius 3 is 1.21 bits per heavy atom. The Hall–Kier alpha value is -4.44. The van der Waals surface area contributed by atoms with Crippen molar-refractivity contribution >= 4 is 34.3 Å². The van der Waals surface area contributed by atoms with Crippen LogP contribution in [0.2, 0.25) is 0 Å². The molecule has 4 nitrogen and oxygen atoms in total. The average molecular weight is 443 g/mol. The monoisotopic (exact) mass is 442 g/mol. The number of hydrogen-bond acceptors (Lipinski definition) is 4. The Morgan fingerprint density at radius 1 is 0.471 bits per heavy atom. The number of benzene rings is 4. The minimum atomic E-state index is -0.149. The molecule has 0 bridgehead atoms. The lowest BCUT2D eigenvalue weighted by Crippen LogP contribution is -2.25. The second kappa shape index (κ2) is 7.56. The van der Waals surface area contributed by atoms with Gasteiger partial charge >= 0.3 is 0 Å². The van der Waals surface area contributed by atoms with Crippen molar-refractivity contribution in [1.29, 1.82) is 0 Å². The Kier molecular flexibility index (Phi) is 4.49. The van der Waals surface area contributed by atoms with Gasteiger partial charge in [-0.3, -0.25) is 9.59 Å². The molecule has 0 amide bonds. The summed E-state index contributed by atoms with van der Waals surface area (Å²) in [6, 6.07) is 31.1. The normalized spacial score (nSPS) is 16.8. The molecule has 2 heterocycles. The van der Waals surface area contributed by atoms with Crippen LogP contribution in [0.4, 0.5) is 22.7 Å². The molecule has 0 fully saturated rings. The van der Waals surface area contributed by atoms with Gasteiger partial charge in [-0.25, -0.2) is 0 Å². The fourth-order valence-electron chi connectivity index (χ4n) is 4.77. The Bertz CT molecular complexity index is 1380. The van der Waals surface area contributed by atoms with Crippen LogP contribution < -0.4 is 9.80 Å². The summed E-state index contributed by atoms with van der Waals surface area (Å²) in [5, 5.41) is 0. The molecule has 0 unspecified atom stereocenters. The summed E-state index contributed by atoms with van der Waals surface area (Å²) in [7, 11) is 0. The van der Waals surface area contributed by atoms with Crippen LogP contribution in [0.15, 0.2) is 108 Å². The molecule has 2 aliphatic heterocycles. The first kappa shape index (κ1) is 20.2. The number of carbonyl (C=O) groups is 2. The van der Waals surface area contributed by atoms with Crippen molar-refractivity contribution in [3.63, 3.8) is 0 Å². The van der Waals surface area contributed by atoms with Crippen LogP contribution in [0, 0.1) is 13.8 Å². The van der Waals surface area contributed by atoms with Crippen LogP contribution in [-0.2, 0) is 0 Å². The quantitative estimate of drug-likeness (QED) is 0.317. The van der Waals surface area contributed by atoms with Gasteiger partial charge in [0.1, 0.15) is 11.4 Å². The lowest BCUT2D eigenvalue weighted by molar-refractivity contribution is 0.101. The predicted octanol–water partition coefficient (Wildman–Crippen LogP) is 6.88. The predicted molar refractivity (Wildman–Crippen MR) is 135 cm³/mol. The zero-order valence-corrected chi connectivity index (χ0v) is 18.9. The third kappa shape index (κ3) is 2.92. The number of ketones is 2. The summed E-state index contributed by atoms with van der Waals surface area (Å²) in [6.07, 6.45) is 0. The van der Waals surface area contributed by atoms with Crippen LogP contribution in [0.1, 0.15) is 31.8 Å². The average Bonchev–Trinajstić information content (AvgIpc) is 3.31. The molecule has 0 aromatic heterocycles. The zero-order chi connectivity index (χ0) is 23.4. The molecule has 164 valence electrons. The Balaban J connectivity index is 1.66. The molecule has 4 heteroatoms. The second-order valence-corrected chi connectivity index (χ2v) is 8.73. The van der Waals surface area contributed by atoms with Crippen molar-refractivity contribution in [2.75, 3.05) is 9.80 Å². The molecule has 0 radical (unpaired) electrons. The first-order valence-corrected chi connectivity index (χ1v) is 11.3. The molecule has 6 rings (SSSR count). The van der Waals surface area contributed by atoms with Crippen LogP contribution in [0.25, 0.3) is 0 Å². The summed E-state index contributed by atoms with van der Waals surface area (Å²) >= 11 is 0. The van der Waals surface area contributed by atoms with Crippen molar-refractivity contribution in [2.45, 2.75) is 13.8 Å². The third-order valence-electron chi connectivity index (χ3n) is 6.47. The van der Waals surface area contributed by atoms with Gasteiger partial charge in [-0.1, -0.05) is 59.7 Å². The van der Waals surface area contributed by atoms with E-state index in [1.54, 1.807) is 0 Å². The van der Waals surface area contributed by atoms with Crippen molar-refractivity contribution in [1.82, 2.24) is 0 Å². The van der Waals surface area contributed by atoms with E-state index >= 15 is 0 Å². The zero-order valence-electron chi connectivity index (χ0n) is 18.9. The van der Waals surface area contributed by atoms with E-state index in [4.69, 9.17) is 0 Å². The van der Waals surface area contributed by atoms with E-state index in [1.807, 2.05) is 121 Å². The number of aryl methyl sites for hydroxylation is 2. The maximum atomic E-state index is 13.9. The van der Waals surface area contributed by atoms with Gasteiger partial charge < -0.3 is 9.80 Å². The molecule has 2 aliphatic rings. The highest BCUT2D eigenvalue weighted by atomic mass is 16.1. The van der Waals surface area contributed by atoms with E-state index in [-0.39, 0.29) is 11.6 Å². The number of allylic oxidation sites excluding steroid dienone is 2. The van der Waals surface area contributed by atoms with Gasteiger partial charge in [0.15, 0.2) is 0 Å². The molecule has 0 saturated heterocycles. The topological polar surface area (TPSA) is 40.6 Å². The summed E-state index contributed by atoms with van der Waals surface area (Å²) in [5.74, 6) is -0.297. The minimum Gasteiger partial charge on any atom is -0.304 e. The molecule has 0 spiro atoms. The maximum absolute atomic E-state index is 13.9. The number of hydrogen-bond donors (Lipinski definition) is 0. The van der Waals surface area contributed by atoms with Gasteiger partial charge in [0.05, 0.1) is 11.4 Å². The summed E-state index contributed by atoms with van der Waals surface area (Å²) < 4.78 is 0. The fourth-order valence-corrected chi connectivity index (χ4v) is 4.77. The molecule has 4 aromatic rings. The molecule has 34 heavy (non-hydrogen) atoms. The van der Waals surface area contributed by atoms with E-state index in [2.05, 4.69) is 0 Å². The van der Waals surface area contributed by atoms with E-state index in [9.17, 15) is 9.59 Å². The van der Waals surface area contributed by atoms with Crippen molar-refractivity contribution in [3.8, 4) is 0 Å². The highest BCUT2D eigenvalue weighted by Crippen LogP contribution is 2.48. The highest BCUT2D eigenvalue weighted by molar-refractivity contribution is 6.30. The lowest BCUT2D eigenvalue weighted by atomic mass is 10.1. The van der Waals surface area contributed by atoms with E-state index in [0.717, 1.165) is 33.9 Å². The van der Waals surface area contributed by atoms with Gasteiger partial charge in [0.25, 0.3) is 0 Å². The smallest absolute Gasteiger partial charge is 0.214 e. The number of nitrogens with zero attached hydrogens (tertiary/aromatic N) is 2. The van der Waals surface area contributed by atoms with Crippen LogP contribution in [0.3, 0.4) is 0 Å². The molecular weight excluding hydrogens is 420 g/mol. The van der Waals surface area contributed by atoms with Crippen molar-refractivity contribution < 1.29 is 9.59 Å². The van der Waals surface area contributed by atoms with Crippen molar-refractivity contribution in [3.05, 3.63) is 131 Å². The maximum Gasteiger partial charge on any atom is 0.214 e. The summed E-state index contributed by atoms with van der Waals surface area (Å²) in [5.41, 5.74) is 7.47. The van der Waals surface area contributed by atoms with Crippen LogP contribution in [-0.4, -0.2) is 11.6 Å². The van der Waals surface area contributed by atoms with E-state index in [0.29, 0.717) is 22.5 Å². The third-order valence-corrected chi connectivity index (χ3v) is 6.47. The molecule has 0 atom stereocenters. The Morgan fingerprint density at radius 2 is 0.824 bits per heavy atom. The molecule has 0 N–H and O–H groups in total. The summed E-state index contributed by atoms with van der Waals surface area (Å²) in [6.45, 7) is 4.06. The molecule has 0 aliphatic carbocycles. The standard InChI is InChI=1S/C30H22N2O2/c1-19-11-15-21(16-12-19)31-25-9-5-3-7-23(25)29(33)27(31)28-30(34)24-8-4-6-10-26(24)32(28)22-17-13-20(2)14-18-22/h3-18H,1-2H3/b28-27+. The number of para-hydroxylation sites is 2. The second-order valence-electron chi connectivity index (χ2n) is 8.73. The molecule has 0 saturated carbocycles. The minimum absolute atomic E-state index is 0.149. The van der Waals surface area contributed by atoms with Gasteiger partial charge in [0, 0.05) is 22.5 Å². The number of rotatable bonds is 2.